The Hall–Kier alpha value is -1.68. The number of hydrogen-bond acceptors (Lipinski definition) is 4. The van der Waals surface area contributed by atoms with Crippen LogP contribution in [0.2, 0.25) is 0 Å². The molecule has 0 saturated carbocycles. The van der Waals surface area contributed by atoms with Gasteiger partial charge in [-0.25, -0.2) is 4.79 Å². The molecule has 0 fully saturated rings. The average molecular weight is 250 g/mol. The van der Waals surface area contributed by atoms with Crippen molar-refractivity contribution in [3.05, 3.63) is 35.4 Å². The highest BCUT2D eigenvalue weighted by atomic mass is 16.6. The second-order valence-electron chi connectivity index (χ2n) is 4.61. The van der Waals surface area contributed by atoms with Crippen molar-refractivity contribution < 1.29 is 19.1 Å². The number of carbonyl (C=O) groups is 2. The molecule has 0 unspecified atom stereocenters. The lowest BCUT2D eigenvalue weighted by Crippen LogP contribution is -2.38. The minimum Gasteiger partial charge on any atom is -0.450 e. The fraction of sp³-hybridized carbons (Fsp3) is 0.429. The highest BCUT2D eigenvalue weighted by Gasteiger charge is 2.32. The van der Waals surface area contributed by atoms with Gasteiger partial charge in [0, 0.05) is 12.7 Å². The number of aryl methyl sites for hydroxylation is 1. The van der Waals surface area contributed by atoms with E-state index >= 15 is 0 Å². The van der Waals surface area contributed by atoms with Gasteiger partial charge in [0.15, 0.2) is 5.60 Å². The molecule has 0 N–H and O–H groups in total. The first-order chi connectivity index (χ1) is 8.36. The largest absolute Gasteiger partial charge is 0.450 e. The Balaban J connectivity index is 2.81. The Bertz CT molecular complexity index is 432. The summed E-state index contributed by atoms with van der Waals surface area (Å²) in [6.45, 7) is 4.92. The second-order valence-corrected chi connectivity index (χ2v) is 4.61. The van der Waals surface area contributed by atoms with Crippen LogP contribution in [0.3, 0.4) is 0 Å². The van der Waals surface area contributed by atoms with Gasteiger partial charge in [0.05, 0.1) is 0 Å². The summed E-state index contributed by atoms with van der Waals surface area (Å²) in [6.07, 6.45) is 0. The quantitative estimate of drug-likeness (QED) is 0.593. The summed E-state index contributed by atoms with van der Waals surface area (Å²) in [4.78, 5) is 23.5. The van der Waals surface area contributed by atoms with Gasteiger partial charge in [0.1, 0.15) is 6.61 Å². The summed E-state index contributed by atoms with van der Waals surface area (Å²) in [7, 11) is 1.40. The number of Topliss-reactive ketones (excluding diaryl/α,β-unsaturated/α-hetero) is 1. The van der Waals surface area contributed by atoms with Gasteiger partial charge in [-0.2, -0.15) is 0 Å². The molecule has 0 radical (unpaired) electrons. The molecule has 4 heteroatoms. The molecule has 1 aromatic rings. The van der Waals surface area contributed by atoms with Gasteiger partial charge < -0.3 is 9.47 Å². The van der Waals surface area contributed by atoms with Crippen LogP contribution < -0.4 is 0 Å². The first-order valence-corrected chi connectivity index (χ1v) is 5.69. The lowest BCUT2D eigenvalue weighted by atomic mass is 9.96. The number of rotatable bonds is 5. The summed E-state index contributed by atoms with van der Waals surface area (Å²) in [5.41, 5.74) is 0.404. The van der Waals surface area contributed by atoms with Crippen LogP contribution in [0, 0.1) is 6.92 Å². The van der Waals surface area contributed by atoms with Crippen LogP contribution in [-0.4, -0.2) is 31.1 Å². The minimum atomic E-state index is -1.19. The van der Waals surface area contributed by atoms with Crippen molar-refractivity contribution in [1.82, 2.24) is 0 Å². The maximum Gasteiger partial charge on any atom is 0.333 e. The maximum atomic E-state index is 12.2. The van der Waals surface area contributed by atoms with Crippen molar-refractivity contribution in [2.45, 2.75) is 26.4 Å². The van der Waals surface area contributed by atoms with Gasteiger partial charge in [-0.1, -0.05) is 29.8 Å². The average Bonchev–Trinajstić information content (AvgIpc) is 2.28. The van der Waals surface area contributed by atoms with E-state index in [1.807, 2.05) is 19.1 Å². The molecule has 98 valence electrons. The highest BCUT2D eigenvalue weighted by Crippen LogP contribution is 2.18. The fourth-order valence-electron chi connectivity index (χ4n) is 1.53. The van der Waals surface area contributed by atoms with Crippen molar-refractivity contribution in [3.63, 3.8) is 0 Å². The van der Waals surface area contributed by atoms with E-state index in [9.17, 15) is 9.59 Å². The predicted molar refractivity (Wildman–Crippen MR) is 67.6 cm³/mol. The third-order valence-corrected chi connectivity index (χ3v) is 2.49. The van der Waals surface area contributed by atoms with E-state index < -0.39 is 11.6 Å². The molecule has 0 atom stereocenters. The number of ether oxygens (including phenoxy) is 2. The summed E-state index contributed by atoms with van der Waals surface area (Å²) < 4.78 is 9.78. The lowest BCUT2D eigenvalue weighted by Gasteiger charge is -2.23. The van der Waals surface area contributed by atoms with Gasteiger partial charge in [-0.05, 0) is 20.8 Å². The third kappa shape index (κ3) is 3.67. The first-order valence-electron chi connectivity index (χ1n) is 5.69. The standard InChI is InChI=1S/C14H18O4/c1-10-5-7-11(8-6-10)13(16)14(2,3)18-12(15)9-17-4/h5-8H,9H2,1-4H3. The molecule has 0 amide bonds. The van der Waals surface area contributed by atoms with Crippen LogP contribution >= 0.6 is 0 Å². The smallest absolute Gasteiger partial charge is 0.333 e. The zero-order chi connectivity index (χ0) is 13.8. The lowest BCUT2D eigenvalue weighted by molar-refractivity contribution is -0.156. The van der Waals surface area contributed by atoms with E-state index in [0.717, 1.165) is 5.56 Å². The van der Waals surface area contributed by atoms with E-state index in [-0.39, 0.29) is 12.4 Å². The summed E-state index contributed by atoms with van der Waals surface area (Å²) in [6, 6.07) is 7.15. The van der Waals surface area contributed by atoms with E-state index in [2.05, 4.69) is 4.74 Å². The molecule has 1 aromatic carbocycles. The normalized spacial score (nSPS) is 11.1. The zero-order valence-corrected chi connectivity index (χ0v) is 11.1. The van der Waals surface area contributed by atoms with Crippen molar-refractivity contribution in [1.29, 1.82) is 0 Å². The van der Waals surface area contributed by atoms with Crippen LogP contribution in [0.15, 0.2) is 24.3 Å². The van der Waals surface area contributed by atoms with Crippen LogP contribution in [0.25, 0.3) is 0 Å². The second kappa shape index (κ2) is 5.78. The number of esters is 1. The van der Waals surface area contributed by atoms with Gasteiger partial charge in [0.2, 0.25) is 5.78 Å². The molecule has 0 heterocycles. The van der Waals surface area contributed by atoms with E-state index in [0.29, 0.717) is 5.56 Å². The molecule has 0 aliphatic carbocycles. The third-order valence-electron chi connectivity index (χ3n) is 2.49. The zero-order valence-electron chi connectivity index (χ0n) is 11.1. The maximum absolute atomic E-state index is 12.2. The van der Waals surface area contributed by atoms with Gasteiger partial charge in [-0.3, -0.25) is 4.79 Å². The molecule has 1 rings (SSSR count). The number of benzene rings is 1. The number of hydrogen-bond donors (Lipinski definition) is 0. The van der Waals surface area contributed by atoms with Crippen LogP contribution in [-0.2, 0) is 14.3 Å². The summed E-state index contributed by atoms with van der Waals surface area (Å²) >= 11 is 0. The fourth-order valence-corrected chi connectivity index (χ4v) is 1.53. The number of methoxy groups -OCH3 is 1. The van der Waals surface area contributed by atoms with Gasteiger partial charge >= 0.3 is 5.97 Å². The topological polar surface area (TPSA) is 52.6 Å². The molecule has 0 saturated heterocycles. The van der Waals surface area contributed by atoms with Crippen molar-refractivity contribution >= 4 is 11.8 Å². The molecular weight excluding hydrogens is 232 g/mol. The van der Waals surface area contributed by atoms with Crippen molar-refractivity contribution in [2.75, 3.05) is 13.7 Å². The predicted octanol–water partition coefficient (Wildman–Crippen LogP) is 2.15. The first kappa shape index (κ1) is 14.4. The van der Waals surface area contributed by atoms with E-state index in [4.69, 9.17) is 4.74 Å². The molecule has 0 aliphatic rings. The SMILES string of the molecule is COCC(=O)OC(C)(C)C(=O)c1ccc(C)cc1. The molecule has 18 heavy (non-hydrogen) atoms. The van der Waals surface area contributed by atoms with Crippen molar-refractivity contribution in [3.8, 4) is 0 Å². The van der Waals surface area contributed by atoms with Crippen LogP contribution in [0.1, 0.15) is 29.8 Å². The van der Waals surface area contributed by atoms with E-state index in [1.54, 1.807) is 26.0 Å². The Morgan fingerprint density at radius 2 is 1.72 bits per heavy atom. The van der Waals surface area contributed by atoms with Gasteiger partial charge in [0.25, 0.3) is 0 Å². The molecular formula is C14H18O4. The van der Waals surface area contributed by atoms with Gasteiger partial charge in [-0.15, -0.1) is 0 Å². The Labute approximate surface area is 107 Å². The van der Waals surface area contributed by atoms with Crippen LogP contribution in [0.4, 0.5) is 0 Å². The molecule has 4 nitrogen and oxygen atoms in total. The highest BCUT2D eigenvalue weighted by molar-refractivity contribution is 6.03. The van der Waals surface area contributed by atoms with Crippen LogP contribution in [0.5, 0.6) is 0 Å². The summed E-state index contributed by atoms with van der Waals surface area (Å²) in [5, 5.41) is 0. The molecule has 0 aromatic heterocycles. The number of ketones is 1. The molecule has 0 bridgehead atoms. The Morgan fingerprint density at radius 1 is 1.17 bits per heavy atom. The number of carbonyl (C=O) groups excluding carboxylic acids is 2. The van der Waals surface area contributed by atoms with E-state index in [1.165, 1.54) is 7.11 Å². The Kier molecular flexibility index (Phi) is 4.62. The molecule has 0 spiro atoms. The summed E-state index contributed by atoms with van der Waals surface area (Å²) in [5.74, 6) is -0.782. The van der Waals surface area contributed by atoms with Crippen molar-refractivity contribution in [2.24, 2.45) is 0 Å². The monoisotopic (exact) mass is 250 g/mol. The minimum absolute atomic E-state index is 0.162. The molecule has 0 aliphatic heterocycles. The Morgan fingerprint density at radius 3 is 2.22 bits per heavy atom.